The SMILES string of the molecule is CC(C)c1cccc(-c2ccc(S(=O)O)nc2)c1. The summed E-state index contributed by atoms with van der Waals surface area (Å²) < 4.78 is 19.8. The summed E-state index contributed by atoms with van der Waals surface area (Å²) in [6.07, 6.45) is 1.63. The summed E-state index contributed by atoms with van der Waals surface area (Å²) in [5, 5.41) is 0.179. The highest BCUT2D eigenvalue weighted by Crippen LogP contribution is 2.23. The lowest BCUT2D eigenvalue weighted by molar-refractivity contribution is 0.560. The molecule has 18 heavy (non-hydrogen) atoms. The molecule has 4 heteroatoms. The van der Waals surface area contributed by atoms with Gasteiger partial charge in [0.05, 0.1) is 0 Å². The molecule has 0 amide bonds. The first-order chi connectivity index (χ1) is 8.58. The van der Waals surface area contributed by atoms with Crippen molar-refractivity contribution in [3.63, 3.8) is 0 Å². The van der Waals surface area contributed by atoms with Crippen LogP contribution in [-0.2, 0) is 11.1 Å². The zero-order valence-corrected chi connectivity index (χ0v) is 11.1. The van der Waals surface area contributed by atoms with Gasteiger partial charge in [-0.25, -0.2) is 9.19 Å². The highest BCUT2D eigenvalue weighted by Gasteiger charge is 2.05. The molecule has 0 aliphatic rings. The number of rotatable bonds is 3. The van der Waals surface area contributed by atoms with Gasteiger partial charge in [0.15, 0.2) is 5.03 Å². The molecule has 1 N–H and O–H groups in total. The highest BCUT2D eigenvalue weighted by atomic mass is 32.2. The number of pyridine rings is 1. The first-order valence-corrected chi connectivity index (χ1v) is 6.86. The van der Waals surface area contributed by atoms with E-state index in [-0.39, 0.29) is 5.03 Å². The Morgan fingerprint density at radius 3 is 2.50 bits per heavy atom. The van der Waals surface area contributed by atoms with Crippen LogP contribution in [0.25, 0.3) is 11.1 Å². The molecule has 1 atom stereocenters. The van der Waals surface area contributed by atoms with Crippen molar-refractivity contribution in [2.45, 2.75) is 24.8 Å². The third-order valence-electron chi connectivity index (χ3n) is 2.80. The number of benzene rings is 1. The van der Waals surface area contributed by atoms with Gasteiger partial charge in [0.25, 0.3) is 0 Å². The molecule has 0 bridgehead atoms. The second-order valence-electron chi connectivity index (χ2n) is 4.41. The number of hydrogen-bond donors (Lipinski definition) is 1. The summed E-state index contributed by atoms with van der Waals surface area (Å²) in [5.41, 5.74) is 3.29. The van der Waals surface area contributed by atoms with Crippen LogP contribution < -0.4 is 0 Å². The molecular weight excluding hydrogens is 246 g/mol. The van der Waals surface area contributed by atoms with Gasteiger partial charge in [0, 0.05) is 11.8 Å². The van der Waals surface area contributed by atoms with Gasteiger partial charge in [-0.05, 0) is 29.2 Å². The maximum atomic E-state index is 10.8. The van der Waals surface area contributed by atoms with Gasteiger partial charge in [-0.3, -0.25) is 0 Å². The number of hydrogen-bond acceptors (Lipinski definition) is 2. The van der Waals surface area contributed by atoms with Gasteiger partial charge >= 0.3 is 0 Å². The van der Waals surface area contributed by atoms with E-state index in [0.29, 0.717) is 5.92 Å². The third kappa shape index (κ3) is 2.83. The van der Waals surface area contributed by atoms with E-state index >= 15 is 0 Å². The molecule has 1 aromatic heterocycles. The van der Waals surface area contributed by atoms with Crippen LogP contribution in [0.5, 0.6) is 0 Å². The molecule has 94 valence electrons. The molecule has 1 unspecified atom stereocenters. The van der Waals surface area contributed by atoms with Crippen LogP contribution in [0.3, 0.4) is 0 Å². The summed E-state index contributed by atoms with van der Waals surface area (Å²) in [4.78, 5) is 3.98. The zero-order valence-electron chi connectivity index (χ0n) is 10.3. The Kier molecular flexibility index (Phi) is 3.89. The normalized spacial score (nSPS) is 12.7. The van der Waals surface area contributed by atoms with E-state index in [1.165, 1.54) is 5.56 Å². The molecule has 3 nitrogen and oxygen atoms in total. The maximum absolute atomic E-state index is 10.8. The van der Waals surface area contributed by atoms with Gasteiger partial charge in [0.1, 0.15) is 0 Å². The predicted molar refractivity (Wildman–Crippen MR) is 72.8 cm³/mol. The Hall–Kier alpha value is -1.52. The van der Waals surface area contributed by atoms with E-state index in [9.17, 15) is 4.21 Å². The minimum absolute atomic E-state index is 0.179. The smallest absolute Gasteiger partial charge is 0.205 e. The summed E-state index contributed by atoms with van der Waals surface area (Å²) in [7, 11) is 0. The molecule has 1 aromatic carbocycles. The van der Waals surface area contributed by atoms with Gasteiger partial charge in [-0.1, -0.05) is 38.1 Å². The van der Waals surface area contributed by atoms with Crippen molar-refractivity contribution >= 4 is 11.1 Å². The molecular formula is C14H15NO2S. The molecule has 2 aromatic rings. The zero-order chi connectivity index (χ0) is 13.1. The maximum Gasteiger partial charge on any atom is 0.205 e. The van der Waals surface area contributed by atoms with E-state index in [1.54, 1.807) is 12.3 Å². The van der Waals surface area contributed by atoms with Gasteiger partial charge in [-0.15, -0.1) is 0 Å². The van der Waals surface area contributed by atoms with Crippen molar-refractivity contribution < 1.29 is 8.76 Å². The molecule has 0 fully saturated rings. The van der Waals surface area contributed by atoms with Gasteiger partial charge in [-0.2, -0.15) is 0 Å². The highest BCUT2D eigenvalue weighted by molar-refractivity contribution is 7.79. The molecule has 0 aliphatic heterocycles. The fourth-order valence-electron chi connectivity index (χ4n) is 1.73. The lowest BCUT2D eigenvalue weighted by Crippen LogP contribution is -1.93. The molecule has 1 heterocycles. The molecule has 0 aliphatic carbocycles. The third-order valence-corrected chi connectivity index (χ3v) is 3.40. The molecule has 0 spiro atoms. The van der Waals surface area contributed by atoms with Crippen molar-refractivity contribution in [3.05, 3.63) is 48.2 Å². The second-order valence-corrected chi connectivity index (χ2v) is 5.33. The summed E-state index contributed by atoms with van der Waals surface area (Å²) in [6, 6.07) is 11.6. The first-order valence-electron chi connectivity index (χ1n) is 5.75. The monoisotopic (exact) mass is 261 g/mol. The van der Waals surface area contributed by atoms with E-state index in [1.807, 2.05) is 18.2 Å². The average molecular weight is 261 g/mol. The predicted octanol–water partition coefficient (Wildman–Crippen LogP) is 3.45. The summed E-state index contributed by atoms with van der Waals surface area (Å²) in [6.45, 7) is 4.30. The van der Waals surface area contributed by atoms with Gasteiger partial charge < -0.3 is 4.55 Å². The van der Waals surface area contributed by atoms with Crippen molar-refractivity contribution in [3.8, 4) is 11.1 Å². The van der Waals surface area contributed by atoms with Crippen molar-refractivity contribution in [2.75, 3.05) is 0 Å². The molecule has 0 radical (unpaired) electrons. The van der Waals surface area contributed by atoms with E-state index in [2.05, 4.69) is 31.0 Å². The Balaban J connectivity index is 2.36. The molecule has 0 saturated carbocycles. The lowest BCUT2D eigenvalue weighted by Gasteiger charge is -2.08. The molecule has 0 saturated heterocycles. The van der Waals surface area contributed by atoms with Crippen LogP contribution in [-0.4, -0.2) is 13.7 Å². The minimum atomic E-state index is -2.02. The van der Waals surface area contributed by atoms with Gasteiger partial charge in [0.2, 0.25) is 11.1 Å². The van der Waals surface area contributed by atoms with Crippen LogP contribution in [0.2, 0.25) is 0 Å². The first kappa shape index (κ1) is 12.9. The van der Waals surface area contributed by atoms with Crippen LogP contribution in [0.4, 0.5) is 0 Å². The molecule has 2 rings (SSSR count). The van der Waals surface area contributed by atoms with Crippen molar-refractivity contribution in [1.82, 2.24) is 4.98 Å². The second kappa shape index (κ2) is 5.42. The summed E-state index contributed by atoms with van der Waals surface area (Å²) in [5.74, 6) is 0.474. The van der Waals surface area contributed by atoms with Crippen LogP contribution in [0.15, 0.2) is 47.6 Å². The Bertz CT molecular complexity index is 564. The Labute approximate surface area is 109 Å². The summed E-state index contributed by atoms with van der Waals surface area (Å²) >= 11 is -2.02. The van der Waals surface area contributed by atoms with Crippen molar-refractivity contribution in [2.24, 2.45) is 0 Å². The fourth-order valence-corrected chi connectivity index (χ4v) is 2.06. The van der Waals surface area contributed by atoms with Crippen LogP contribution in [0, 0.1) is 0 Å². The number of nitrogens with zero attached hydrogens (tertiary/aromatic N) is 1. The van der Waals surface area contributed by atoms with Crippen molar-refractivity contribution in [1.29, 1.82) is 0 Å². The van der Waals surface area contributed by atoms with E-state index in [0.717, 1.165) is 11.1 Å². The standard InChI is InChI=1S/C14H15NO2S/c1-10(2)11-4-3-5-12(8-11)13-6-7-14(15-9-13)18(16)17/h3-10H,1-2H3,(H,16,17). The quantitative estimate of drug-likeness (QED) is 0.861. The van der Waals surface area contributed by atoms with E-state index < -0.39 is 11.1 Å². The minimum Gasteiger partial charge on any atom is -0.301 e. The van der Waals surface area contributed by atoms with E-state index in [4.69, 9.17) is 4.55 Å². The van der Waals surface area contributed by atoms with Crippen LogP contribution in [0.1, 0.15) is 25.3 Å². The fraction of sp³-hybridized carbons (Fsp3) is 0.214. The Morgan fingerprint density at radius 2 is 1.94 bits per heavy atom. The van der Waals surface area contributed by atoms with Crippen LogP contribution >= 0.6 is 0 Å². The number of aromatic nitrogens is 1. The largest absolute Gasteiger partial charge is 0.301 e. The Morgan fingerprint density at radius 1 is 1.17 bits per heavy atom. The lowest BCUT2D eigenvalue weighted by atomic mass is 9.98. The topological polar surface area (TPSA) is 50.2 Å². The average Bonchev–Trinajstić information content (AvgIpc) is 2.39.